The number of benzene rings is 1. The number of rotatable bonds is 5. The van der Waals surface area contributed by atoms with Gasteiger partial charge < -0.3 is 10.6 Å². The van der Waals surface area contributed by atoms with Gasteiger partial charge in [0.25, 0.3) is 0 Å². The topological polar surface area (TPSA) is 67.1 Å². The highest BCUT2D eigenvalue weighted by Gasteiger charge is 2.10. The van der Waals surface area contributed by atoms with Crippen molar-refractivity contribution in [2.45, 2.75) is 20.0 Å². The van der Waals surface area contributed by atoms with Crippen molar-refractivity contribution < 1.29 is 0 Å². The van der Waals surface area contributed by atoms with Crippen LogP contribution in [0.3, 0.4) is 0 Å². The molecular weight excluding hydrogens is 332 g/mol. The third-order valence-electron chi connectivity index (χ3n) is 3.91. The van der Waals surface area contributed by atoms with Gasteiger partial charge in [0.05, 0.1) is 24.5 Å². The quantitative estimate of drug-likeness (QED) is 0.546. The van der Waals surface area contributed by atoms with Crippen LogP contribution in [0, 0.1) is 6.92 Å². The van der Waals surface area contributed by atoms with E-state index in [4.69, 9.17) is 0 Å². The van der Waals surface area contributed by atoms with E-state index in [0.29, 0.717) is 13.1 Å². The van der Waals surface area contributed by atoms with E-state index in [0.717, 1.165) is 27.9 Å². The molecule has 1 aromatic carbocycles. The van der Waals surface area contributed by atoms with E-state index >= 15 is 0 Å². The zero-order valence-corrected chi connectivity index (χ0v) is 15.5. The average molecular weight is 354 g/mol. The number of hydrogen-bond donors (Lipinski definition) is 2. The lowest BCUT2D eigenvalue weighted by molar-refractivity contribution is 0.684. The molecule has 7 heteroatoms. The molecule has 0 saturated heterocycles. The van der Waals surface area contributed by atoms with Gasteiger partial charge in [0, 0.05) is 30.7 Å². The SMILES string of the molecule is CN=C(NCc1sc(-c2ccccc2)nc1C)NCc1ccnn1C. The summed E-state index contributed by atoms with van der Waals surface area (Å²) in [6.07, 6.45) is 1.79. The Morgan fingerprint density at radius 3 is 2.60 bits per heavy atom. The Labute approximate surface area is 151 Å². The lowest BCUT2D eigenvalue weighted by atomic mass is 10.2. The van der Waals surface area contributed by atoms with E-state index in [1.54, 1.807) is 24.6 Å². The highest BCUT2D eigenvalue weighted by atomic mass is 32.1. The summed E-state index contributed by atoms with van der Waals surface area (Å²) in [6, 6.07) is 12.3. The van der Waals surface area contributed by atoms with Crippen molar-refractivity contribution in [2.75, 3.05) is 7.05 Å². The molecule has 0 amide bonds. The highest BCUT2D eigenvalue weighted by molar-refractivity contribution is 7.15. The summed E-state index contributed by atoms with van der Waals surface area (Å²) in [7, 11) is 3.70. The van der Waals surface area contributed by atoms with Crippen molar-refractivity contribution in [3.8, 4) is 10.6 Å². The third-order valence-corrected chi connectivity index (χ3v) is 5.12. The van der Waals surface area contributed by atoms with Gasteiger partial charge in [-0.15, -0.1) is 11.3 Å². The molecule has 6 nitrogen and oxygen atoms in total. The minimum Gasteiger partial charge on any atom is -0.351 e. The summed E-state index contributed by atoms with van der Waals surface area (Å²) in [5.41, 5.74) is 3.31. The maximum atomic E-state index is 4.69. The maximum absolute atomic E-state index is 4.69. The first-order chi connectivity index (χ1) is 12.2. The molecule has 0 saturated carbocycles. The fourth-order valence-electron chi connectivity index (χ4n) is 2.43. The first kappa shape index (κ1) is 17.2. The van der Waals surface area contributed by atoms with Gasteiger partial charge in [0.1, 0.15) is 5.01 Å². The standard InChI is InChI=1S/C18H22N6S/c1-13-16(25-17(23-13)14-7-5-4-6-8-14)12-21-18(19-2)20-11-15-9-10-22-24(15)3/h4-10H,11-12H2,1-3H3,(H2,19,20,21). The third kappa shape index (κ3) is 4.24. The van der Waals surface area contributed by atoms with Crippen LogP contribution in [0.1, 0.15) is 16.3 Å². The molecule has 0 radical (unpaired) electrons. The van der Waals surface area contributed by atoms with Gasteiger partial charge in [-0.1, -0.05) is 30.3 Å². The first-order valence-electron chi connectivity index (χ1n) is 8.10. The van der Waals surface area contributed by atoms with E-state index in [2.05, 4.69) is 37.8 Å². The van der Waals surface area contributed by atoms with Gasteiger partial charge in [-0.05, 0) is 13.0 Å². The zero-order chi connectivity index (χ0) is 17.6. The van der Waals surface area contributed by atoms with E-state index in [1.165, 1.54) is 4.88 Å². The first-order valence-corrected chi connectivity index (χ1v) is 8.92. The lowest BCUT2D eigenvalue weighted by Gasteiger charge is -2.11. The number of hydrogen-bond acceptors (Lipinski definition) is 4. The normalized spacial score (nSPS) is 11.6. The molecule has 0 unspecified atom stereocenters. The van der Waals surface area contributed by atoms with Crippen LogP contribution in [0.15, 0.2) is 47.6 Å². The molecular formula is C18H22N6S. The monoisotopic (exact) mass is 354 g/mol. The molecule has 0 bridgehead atoms. The number of guanidine groups is 1. The van der Waals surface area contributed by atoms with Crippen molar-refractivity contribution in [1.29, 1.82) is 0 Å². The lowest BCUT2D eigenvalue weighted by Crippen LogP contribution is -2.36. The summed E-state index contributed by atoms with van der Waals surface area (Å²) in [5, 5.41) is 11.9. The van der Waals surface area contributed by atoms with Crippen molar-refractivity contribution in [2.24, 2.45) is 12.0 Å². The summed E-state index contributed by atoms with van der Waals surface area (Å²) in [6.45, 7) is 3.42. The predicted octanol–water partition coefficient (Wildman–Crippen LogP) is 2.72. The number of nitrogens with one attached hydrogen (secondary N) is 2. The van der Waals surface area contributed by atoms with Crippen LogP contribution >= 0.6 is 11.3 Å². The molecule has 130 valence electrons. The van der Waals surface area contributed by atoms with Crippen molar-refractivity contribution in [1.82, 2.24) is 25.4 Å². The minimum absolute atomic E-state index is 0.674. The molecule has 0 aliphatic heterocycles. The maximum Gasteiger partial charge on any atom is 0.191 e. The van der Waals surface area contributed by atoms with E-state index < -0.39 is 0 Å². The number of nitrogens with zero attached hydrogens (tertiary/aromatic N) is 4. The van der Waals surface area contributed by atoms with Crippen LogP contribution in [0.4, 0.5) is 0 Å². The Bertz CT molecular complexity index is 850. The summed E-state index contributed by atoms with van der Waals surface area (Å²) >= 11 is 1.71. The van der Waals surface area contributed by atoms with Crippen molar-refractivity contribution in [3.63, 3.8) is 0 Å². The predicted molar refractivity (Wildman–Crippen MR) is 103 cm³/mol. The molecule has 25 heavy (non-hydrogen) atoms. The van der Waals surface area contributed by atoms with Crippen LogP contribution in [-0.4, -0.2) is 27.8 Å². The number of aliphatic imine (C=N–C) groups is 1. The summed E-state index contributed by atoms with van der Waals surface area (Å²) in [4.78, 5) is 10.2. The number of thiazole rings is 1. The van der Waals surface area contributed by atoms with Gasteiger partial charge in [0.15, 0.2) is 5.96 Å². The van der Waals surface area contributed by atoms with Crippen molar-refractivity contribution in [3.05, 3.63) is 58.9 Å². The summed E-state index contributed by atoms with van der Waals surface area (Å²) < 4.78 is 1.85. The van der Waals surface area contributed by atoms with Gasteiger partial charge in [-0.3, -0.25) is 9.67 Å². The van der Waals surface area contributed by atoms with Crippen molar-refractivity contribution >= 4 is 17.3 Å². The molecule has 0 aliphatic rings. The minimum atomic E-state index is 0.674. The van der Waals surface area contributed by atoms with Crippen LogP contribution in [-0.2, 0) is 20.1 Å². The Balaban J connectivity index is 1.60. The molecule has 3 aromatic rings. The molecule has 0 atom stereocenters. The number of aryl methyl sites for hydroxylation is 2. The molecule has 2 heterocycles. The van der Waals surface area contributed by atoms with Gasteiger partial charge >= 0.3 is 0 Å². The van der Waals surface area contributed by atoms with E-state index in [1.807, 2.05) is 42.9 Å². The van der Waals surface area contributed by atoms with Crippen LogP contribution < -0.4 is 10.6 Å². The van der Waals surface area contributed by atoms with Gasteiger partial charge in [-0.25, -0.2) is 4.98 Å². The Hall–Kier alpha value is -2.67. The molecule has 2 aromatic heterocycles. The molecule has 0 aliphatic carbocycles. The molecule has 0 spiro atoms. The highest BCUT2D eigenvalue weighted by Crippen LogP contribution is 2.27. The van der Waals surface area contributed by atoms with Gasteiger partial charge in [0.2, 0.25) is 0 Å². The Morgan fingerprint density at radius 1 is 1.16 bits per heavy atom. The van der Waals surface area contributed by atoms with Crippen LogP contribution in [0.5, 0.6) is 0 Å². The second-order valence-electron chi connectivity index (χ2n) is 5.62. The zero-order valence-electron chi connectivity index (χ0n) is 14.7. The number of aromatic nitrogens is 3. The fraction of sp³-hybridized carbons (Fsp3) is 0.278. The van der Waals surface area contributed by atoms with Crippen LogP contribution in [0.2, 0.25) is 0 Å². The average Bonchev–Trinajstić information content (AvgIpc) is 3.21. The second kappa shape index (κ2) is 7.94. The Morgan fingerprint density at radius 2 is 1.92 bits per heavy atom. The summed E-state index contributed by atoms with van der Waals surface area (Å²) in [5.74, 6) is 0.760. The van der Waals surface area contributed by atoms with Crippen LogP contribution in [0.25, 0.3) is 10.6 Å². The smallest absolute Gasteiger partial charge is 0.191 e. The molecule has 3 rings (SSSR count). The second-order valence-corrected chi connectivity index (χ2v) is 6.70. The molecule has 0 fully saturated rings. The largest absolute Gasteiger partial charge is 0.351 e. The molecule has 2 N–H and O–H groups in total. The fourth-order valence-corrected chi connectivity index (χ4v) is 3.44. The van der Waals surface area contributed by atoms with E-state index in [-0.39, 0.29) is 0 Å². The Kier molecular flexibility index (Phi) is 5.45. The van der Waals surface area contributed by atoms with E-state index in [9.17, 15) is 0 Å². The van der Waals surface area contributed by atoms with Gasteiger partial charge in [-0.2, -0.15) is 5.10 Å².